The molecule has 6 nitrogen and oxygen atoms in total. The van der Waals surface area contributed by atoms with E-state index < -0.39 is 44.7 Å². The molecule has 0 aromatic rings. The fourth-order valence-corrected chi connectivity index (χ4v) is 1.59. The van der Waals surface area contributed by atoms with Crippen LogP contribution < -0.4 is 5.73 Å². The predicted molar refractivity (Wildman–Crippen MR) is 52.6 cm³/mol. The smallest absolute Gasteiger partial charge is 0.341 e. The highest BCUT2D eigenvalue weighted by Gasteiger charge is 2.38. The number of halogens is 2. The van der Waals surface area contributed by atoms with E-state index in [1.165, 1.54) is 0 Å². The molecule has 1 aliphatic rings. The van der Waals surface area contributed by atoms with Crippen molar-refractivity contribution in [3.8, 4) is 0 Å². The summed E-state index contributed by atoms with van der Waals surface area (Å²) >= 11 is 10.7. The molecule has 84 valence electrons. The molecule has 0 saturated heterocycles. The number of hydrogen-bond acceptors (Lipinski definition) is 4. The van der Waals surface area contributed by atoms with Crippen molar-refractivity contribution < 1.29 is 24.3 Å². The molecule has 0 heterocycles. The largest absolute Gasteiger partial charge is 0.477 e. The lowest BCUT2D eigenvalue weighted by atomic mass is 9.96. The van der Waals surface area contributed by atoms with E-state index in [0.717, 1.165) is 0 Å². The first-order valence-electron chi connectivity index (χ1n) is 3.71. The molecule has 0 bridgehead atoms. The Hall–Kier alpha value is -1.66. The van der Waals surface area contributed by atoms with Gasteiger partial charge in [0.2, 0.25) is 11.6 Å². The molecule has 0 atom stereocenters. The first-order valence-corrected chi connectivity index (χ1v) is 4.46. The summed E-state index contributed by atoms with van der Waals surface area (Å²) in [7, 11) is 0. The zero-order valence-corrected chi connectivity index (χ0v) is 8.93. The van der Waals surface area contributed by atoms with Crippen LogP contribution in [-0.4, -0.2) is 28.5 Å². The van der Waals surface area contributed by atoms with E-state index in [-0.39, 0.29) is 0 Å². The minimum Gasteiger partial charge on any atom is -0.477 e. The maximum atomic E-state index is 11.4. The summed E-state index contributed by atoms with van der Waals surface area (Å²) < 4.78 is 0. The van der Waals surface area contributed by atoms with Crippen molar-refractivity contribution in [1.82, 2.24) is 0 Å². The van der Waals surface area contributed by atoms with Gasteiger partial charge >= 0.3 is 5.97 Å². The van der Waals surface area contributed by atoms with Gasteiger partial charge in [0, 0.05) is 0 Å². The topological polar surface area (TPSA) is 115 Å². The van der Waals surface area contributed by atoms with Crippen molar-refractivity contribution in [2.75, 3.05) is 0 Å². The standard InChI is InChI=1S/C8H3Cl2NO5/c9-3-1(7(11)14)5(12)4(10)2(6(3)13)8(15)16/h(H2,11,14)(H,15,16). The first kappa shape index (κ1) is 12.4. The molecule has 1 amide bonds. The third kappa shape index (κ3) is 1.72. The second kappa shape index (κ2) is 4.07. The maximum absolute atomic E-state index is 11.4. The number of carbonyl (C=O) groups excluding carboxylic acids is 3. The Labute approximate surface area is 98.3 Å². The number of nitrogens with two attached hydrogens (primary N) is 1. The van der Waals surface area contributed by atoms with E-state index in [0.29, 0.717) is 0 Å². The molecule has 8 heteroatoms. The summed E-state index contributed by atoms with van der Waals surface area (Å²) in [5.41, 5.74) is 3.04. The molecule has 0 spiro atoms. The number of carboxylic acids is 1. The van der Waals surface area contributed by atoms with Crippen LogP contribution in [-0.2, 0) is 19.2 Å². The van der Waals surface area contributed by atoms with Crippen molar-refractivity contribution in [2.45, 2.75) is 0 Å². The van der Waals surface area contributed by atoms with E-state index >= 15 is 0 Å². The molecule has 0 radical (unpaired) electrons. The molecule has 0 aliphatic heterocycles. The molecule has 1 rings (SSSR count). The van der Waals surface area contributed by atoms with Crippen LogP contribution in [0.15, 0.2) is 21.2 Å². The van der Waals surface area contributed by atoms with Crippen LogP contribution in [0.3, 0.4) is 0 Å². The van der Waals surface area contributed by atoms with E-state index in [1.54, 1.807) is 0 Å². The van der Waals surface area contributed by atoms with Gasteiger partial charge in [-0.2, -0.15) is 0 Å². The zero-order chi connectivity index (χ0) is 12.6. The van der Waals surface area contributed by atoms with Gasteiger partial charge in [-0.15, -0.1) is 0 Å². The molecule has 0 fully saturated rings. The third-order valence-electron chi connectivity index (χ3n) is 1.75. The summed E-state index contributed by atoms with van der Waals surface area (Å²) in [5.74, 6) is -5.33. The van der Waals surface area contributed by atoms with E-state index in [9.17, 15) is 19.2 Å². The van der Waals surface area contributed by atoms with Crippen LogP contribution in [0.25, 0.3) is 0 Å². The van der Waals surface area contributed by atoms with Gasteiger partial charge in [0.1, 0.15) is 21.2 Å². The molecule has 0 unspecified atom stereocenters. The van der Waals surface area contributed by atoms with Crippen molar-refractivity contribution in [2.24, 2.45) is 5.73 Å². The van der Waals surface area contributed by atoms with E-state index in [4.69, 9.17) is 34.0 Å². The average molecular weight is 264 g/mol. The van der Waals surface area contributed by atoms with Gasteiger partial charge in [0.15, 0.2) is 0 Å². The number of amides is 1. The molecule has 1 aliphatic carbocycles. The lowest BCUT2D eigenvalue weighted by molar-refractivity contribution is -0.135. The SMILES string of the molecule is NC(=O)C1=C(Cl)C(=O)C(C(=O)O)=C(Cl)C1=O. The number of Topliss-reactive ketones (excluding diaryl/α,β-unsaturated/α-hetero) is 2. The molecule has 3 N–H and O–H groups in total. The summed E-state index contributed by atoms with van der Waals surface area (Å²) in [6, 6.07) is 0. The van der Waals surface area contributed by atoms with Gasteiger partial charge in [-0.05, 0) is 0 Å². The molecule has 0 aromatic carbocycles. The van der Waals surface area contributed by atoms with Gasteiger partial charge in [-0.3, -0.25) is 14.4 Å². The van der Waals surface area contributed by atoms with E-state index in [1.807, 2.05) is 0 Å². The average Bonchev–Trinajstić information content (AvgIpc) is 2.14. The zero-order valence-electron chi connectivity index (χ0n) is 7.41. The Morgan fingerprint density at radius 2 is 1.38 bits per heavy atom. The quantitative estimate of drug-likeness (QED) is 0.524. The van der Waals surface area contributed by atoms with Gasteiger partial charge in [0.25, 0.3) is 5.91 Å². The summed E-state index contributed by atoms with van der Waals surface area (Å²) in [6.07, 6.45) is 0. The number of carboxylic acid groups (broad SMARTS) is 1. The van der Waals surface area contributed by atoms with Gasteiger partial charge < -0.3 is 10.8 Å². The first-order chi connectivity index (χ1) is 7.29. The number of aliphatic carboxylic acids is 1. The predicted octanol–water partition coefficient (Wildman–Crippen LogP) is -0.306. The number of primary amides is 1. The Balaban J connectivity index is 3.49. The van der Waals surface area contributed by atoms with Gasteiger partial charge in [-0.1, -0.05) is 23.2 Å². The molecule has 16 heavy (non-hydrogen) atoms. The lowest BCUT2D eigenvalue weighted by Gasteiger charge is -2.12. The number of carbonyl (C=O) groups is 4. The number of rotatable bonds is 2. The normalized spacial score (nSPS) is 16.9. The number of ketones is 2. The third-order valence-corrected chi connectivity index (χ3v) is 2.47. The minimum atomic E-state index is -1.70. The number of hydrogen-bond donors (Lipinski definition) is 2. The van der Waals surface area contributed by atoms with Crippen LogP contribution in [0.1, 0.15) is 0 Å². The maximum Gasteiger partial charge on any atom is 0.341 e. The lowest BCUT2D eigenvalue weighted by Crippen LogP contribution is -2.30. The summed E-state index contributed by atoms with van der Waals surface area (Å²) in [4.78, 5) is 44.2. The Kier molecular flexibility index (Phi) is 3.16. The molecular formula is C8H3Cl2NO5. The highest BCUT2D eigenvalue weighted by molar-refractivity contribution is 6.61. The Bertz CT molecular complexity index is 457. The van der Waals surface area contributed by atoms with Crippen molar-refractivity contribution in [3.05, 3.63) is 21.2 Å². The monoisotopic (exact) mass is 263 g/mol. The van der Waals surface area contributed by atoms with Gasteiger partial charge in [0.05, 0.1) is 0 Å². The van der Waals surface area contributed by atoms with Crippen LogP contribution in [0.5, 0.6) is 0 Å². The molecular weight excluding hydrogens is 261 g/mol. The van der Waals surface area contributed by atoms with Crippen LogP contribution in [0, 0.1) is 0 Å². The van der Waals surface area contributed by atoms with Crippen molar-refractivity contribution >= 4 is 46.6 Å². The molecule has 0 saturated carbocycles. The van der Waals surface area contributed by atoms with Crippen LogP contribution in [0.4, 0.5) is 0 Å². The van der Waals surface area contributed by atoms with Crippen LogP contribution >= 0.6 is 23.2 Å². The Morgan fingerprint density at radius 1 is 1.00 bits per heavy atom. The van der Waals surface area contributed by atoms with Crippen LogP contribution in [0.2, 0.25) is 0 Å². The van der Waals surface area contributed by atoms with Crippen molar-refractivity contribution in [1.29, 1.82) is 0 Å². The highest BCUT2D eigenvalue weighted by atomic mass is 35.5. The van der Waals surface area contributed by atoms with E-state index in [2.05, 4.69) is 0 Å². The second-order valence-electron chi connectivity index (χ2n) is 2.71. The summed E-state index contributed by atoms with van der Waals surface area (Å²) in [5, 5.41) is 6.91. The fourth-order valence-electron chi connectivity index (χ4n) is 1.06. The highest BCUT2D eigenvalue weighted by Crippen LogP contribution is 2.29. The van der Waals surface area contributed by atoms with Gasteiger partial charge in [-0.25, -0.2) is 4.79 Å². The van der Waals surface area contributed by atoms with Crippen molar-refractivity contribution in [3.63, 3.8) is 0 Å². The minimum absolute atomic E-state index is 0.804. The molecule has 0 aromatic heterocycles. The fraction of sp³-hybridized carbons (Fsp3) is 0. The second-order valence-corrected chi connectivity index (χ2v) is 3.46. The summed E-state index contributed by atoms with van der Waals surface area (Å²) in [6.45, 7) is 0. The Morgan fingerprint density at radius 3 is 1.75 bits per heavy atom. The number of allylic oxidation sites excluding steroid dienone is 2.